The summed E-state index contributed by atoms with van der Waals surface area (Å²) >= 11 is 0. The third kappa shape index (κ3) is 3.20. The number of ether oxygens (including phenoxy) is 2. The van der Waals surface area contributed by atoms with Crippen molar-refractivity contribution in [3.63, 3.8) is 0 Å². The quantitative estimate of drug-likeness (QED) is 0.756. The second-order valence-electron chi connectivity index (χ2n) is 4.70. The molecule has 0 spiro atoms. The van der Waals surface area contributed by atoms with Crippen LogP contribution in [0.5, 0.6) is 0 Å². The lowest BCUT2D eigenvalue weighted by Gasteiger charge is -2.38. The minimum atomic E-state index is -0.928. The fourth-order valence-electron chi connectivity index (χ4n) is 1.79. The minimum absolute atomic E-state index is 0.183. The lowest BCUT2D eigenvalue weighted by molar-refractivity contribution is -0.163. The van der Waals surface area contributed by atoms with E-state index >= 15 is 0 Å². The molecule has 1 aliphatic heterocycles. The summed E-state index contributed by atoms with van der Waals surface area (Å²) in [7, 11) is 1.49. The Morgan fingerprint density at radius 1 is 1.50 bits per heavy atom. The molecular weight excluding hydrogens is 236 g/mol. The van der Waals surface area contributed by atoms with Crippen LogP contribution < -0.4 is 5.32 Å². The van der Waals surface area contributed by atoms with Crippen LogP contribution in [0.25, 0.3) is 0 Å². The fraction of sp³-hybridized carbons (Fsp3) is 0.833. The van der Waals surface area contributed by atoms with Crippen molar-refractivity contribution in [3.05, 3.63) is 0 Å². The van der Waals surface area contributed by atoms with Crippen molar-refractivity contribution in [2.75, 3.05) is 33.4 Å². The van der Waals surface area contributed by atoms with Gasteiger partial charge in [-0.1, -0.05) is 0 Å². The first kappa shape index (κ1) is 14.9. The van der Waals surface area contributed by atoms with Gasteiger partial charge in [0.1, 0.15) is 11.6 Å². The van der Waals surface area contributed by atoms with Gasteiger partial charge in [-0.05, 0) is 20.8 Å². The van der Waals surface area contributed by atoms with Crippen molar-refractivity contribution in [2.45, 2.75) is 32.4 Å². The second-order valence-corrected chi connectivity index (χ2v) is 4.70. The molecule has 6 heteroatoms. The molecule has 6 nitrogen and oxygen atoms in total. The van der Waals surface area contributed by atoms with Gasteiger partial charge in [0, 0.05) is 20.2 Å². The van der Waals surface area contributed by atoms with Gasteiger partial charge in [-0.2, -0.15) is 0 Å². The highest BCUT2D eigenvalue weighted by atomic mass is 16.5. The van der Waals surface area contributed by atoms with Gasteiger partial charge in [0.15, 0.2) is 0 Å². The predicted octanol–water partition coefficient (Wildman–Crippen LogP) is -0.225. The van der Waals surface area contributed by atoms with Crippen LogP contribution in [0.1, 0.15) is 20.8 Å². The summed E-state index contributed by atoms with van der Waals surface area (Å²) in [5.74, 6) is -0.373. The Morgan fingerprint density at radius 2 is 2.17 bits per heavy atom. The van der Waals surface area contributed by atoms with Crippen LogP contribution in [0.3, 0.4) is 0 Å². The Morgan fingerprint density at radius 3 is 2.72 bits per heavy atom. The van der Waals surface area contributed by atoms with E-state index in [0.717, 1.165) is 0 Å². The van der Waals surface area contributed by atoms with Crippen LogP contribution in [0.2, 0.25) is 0 Å². The predicted molar refractivity (Wildman–Crippen MR) is 66.1 cm³/mol. The summed E-state index contributed by atoms with van der Waals surface area (Å²) in [6.07, 6.45) is 0. The van der Waals surface area contributed by atoms with Gasteiger partial charge in [0.25, 0.3) is 5.91 Å². The number of hydrogen-bond donors (Lipinski definition) is 1. The number of carbonyl (C=O) groups is 2. The van der Waals surface area contributed by atoms with Crippen LogP contribution in [0, 0.1) is 0 Å². The van der Waals surface area contributed by atoms with Crippen molar-refractivity contribution >= 4 is 11.8 Å². The SMILES string of the molecule is CCNC(=O)C1COCCN1C(=O)C(C)(C)OC. The zero-order valence-electron chi connectivity index (χ0n) is 11.5. The van der Waals surface area contributed by atoms with Gasteiger partial charge in [0.05, 0.1) is 13.2 Å². The number of carbonyl (C=O) groups excluding carboxylic acids is 2. The van der Waals surface area contributed by atoms with E-state index in [1.807, 2.05) is 6.92 Å². The Balaban J connectivity index is 2.82. The average Bonchev–Trinajstić information content (AvgIpc) is 2.38. The molecule has 0 aromatic heterocycles. The summed E-state index contributed by atoms with van der Waals surface area (Å²) in [6, 6.07) is -0.569. The topological polar surface area (TPSA) is 67.9 Å². The van der Waals surface area contributed by atoms with E-state index in [9.17, 15) is 9.59 Å². The van der Waals surface area contributed by atoms with E-state index < -0.39 is 11.6 Å². The zero-order valence-corrected chi connectivity index (χ0v) is 11.5. The number of amides is 2. The Bertz CT molecular complexity index is 317. The van der Waals surface area contributed by atoms with Crippen molar-refractivity contribution in [1.82, 2.24) is 10.2 Å². The third-order valence-electron chi connectivity index (χ3n) is 3.07. The Hall–Kier alpha value is -1.14. The van der Waals surface area contributed by atoms with E-state index in [4.69, 9.17) is 9.47 Å². The summed E-state index contributed by atoms with van der Waals surface area (Å²) in [6.45, 7) is 6.85. The molecule has 2 amide bonds. The summed E-state index contributed by atoms with van der Waals surface area (Å²) < 4.78 is 10.5. The lowest BCUT2D eigenvalue weighted by atomic mass is 10.1. The molecule has 1 saturated heterocycles. The van der Waals surface area contributed by atoms with Gasteiger partial charge in [0.2, 0.25) is 5.91 Å². The maximum atomic E-state index is 12.3. The van der Waals surface area contributed by atoms with Gasteiger partial charge < -0.3 is 19.7 Å². The molecule has 0 aromatic carbocycles. The molecule has 0 radical (unpaired) electrons. The highest BCUT2D eigenvalue weighted by molar-refractivity contribution is 5.91. The molecule has 1 fully saturated rings. The normalized spacial score (nSPS) is 20.7. The highest BCUT2D eigenvalue weighted by Crippen LogP contribution is 2.17. The number of likely N-dealkylation sites (N-methyl/N-ethyl adjacent to an activating group) is 1. The third-order valence-corrected chi connectivity index (χ3v) is 3.07. The maximum absolute atomic E-state index is 12.3. The van der Waals surface area contributed by atoms with E-state index in [0.29, 0.717) is 19.7 Å². The minimum Gasteiger partial charge on any atom is -0.377 e. The van der Waals surface area contributed by atoms with Gasteiger partial charge >= 0.3 is 0 Å². The van der Waals surface area contributed by atoms with Gasteiger partial charge in [-0.3, -0.25) is 9.59 Å². The van der Waals surface area contributed by atoms with Crippen LogP contribution in [0.15, 0.2) is 0 Å². The van der Waals surface area contributed by atoms with Crippen molar-refractivity contribution in [3.8, 4) is 0 Å². The summed E-state index contributed by atoms with van der Waals surface area (Å²) in [5, 5.41) is 2.72. The van der Waals surface area contributed by atoms with Gasteiger partial charge in [-0.25, -0.2) is 0 Å². The first-order valence-electron chi connectivity index (χ1n) is 6.15. The molecule has 1 aliphatic rings. The number of methoxy groups -OCH3 is 1. The lowest BCUT2D eigenvalue weighted by Crippen LogP contribution is -2.60. The van der Waals surface area contributed by atoms with Crippen molar-refractivity contribution < 1.29 is 19.1 Å². The van der Waals surface area contributed by atoms with Crippen molar-refractivity contribution in [2.24, 2.45) is 0 Å². The molecule has 1 rings (SSSR count). The van der Waals surface area contributed by atoms with Crippen LogP contribution >= 0.6 is 0 Å². The molecule has 1 atom stereocenters. The molecule has 1 N–H and O–H groups in total. The van der Waals surface area contributed by atoms with E-state index in [1.54, 1.807) is 13.8 Å². The molecule has 0 saturated carbocycles. The number of hydrogen-bond acceptors (Lipinski definition) is 4. The molecule has 0 bridgehead atoms. The summed E-state index contributed by atoms with van der Waals surface area (Å²) in [5.41, 5.74) is -0.928. The number of rotatable bonds is 4. The van der Waals surface area contributed by atoms with Crippen LogP contribution in [0.4, 0.5) is 0 Å². The number of nitrogens with one attached hydrogen (secondary N) is 1. The van der Waals surface area contributed by atoms with E-state index in [2.05, 4.69) is 5.32 Å². The Labute approximate surface area is 108 Å². The molecule has 0 aromatic rings. The highest BCUT2D eigenvalue weighted by Gasteiger charge is 2.39. The van der Waals surface area contributed by atoms with E-state index in [1.165, 1.54) is 12.0 Å². The van der Waals surface area contributed by atoms with Crippen LogP contribution in [-0.2, 0) is 19.1 Å². The summed E-state index contributed by atoms with van der Waals surface area (Å²) in [4.78, 5) is 25.8. The first-order chi connectivity index (χ1) is 8.44. The molecule has 104 valence electrons. The largest absolute Gasteiger partial charge is 0.377 e. The maximum Gasteiger partial charge on any atom is 0.255 e. The molecule has 1 unspecified atom stereocenters. The smallest absolute Gasteiger partial charge is 0.255 e. The first-order valence-corrected chi connectivity index (χ1v) is 6.15. The number of morpholine rings is 1. The molecule has 18 heavy (non-hydrogen) atoms. The average molecular weight is 258 g/mol. The fourth-order valence-corrected chi connectivity index (χ4v) is 1.79. The molecule has 0 aliphatic carbocycles. The zero-order chi connectivity index (χ0) is 13.8. The Kier molecular flexibility index (Phi) is 5.10. The molecular formula is C12H22N2O4. The van der Waals surface area contributed by atoms with Crippen LogP contribution in [-0.4, -0.2) is 61.8 Å². The number of nitrogens with zero attached hydrogens (tertiary/aromatic N) is 1. The molecule has 1 heterocycles. The van der Waals surface area contributed by atoms with Crippen molar-refractivity contribution in [1.29, 1.82) is 0 Å². The standard InChI is InChI=1S/C12H22N2O4/c1-5-13-10(15)9-8-18-7-6-14(9)11(16)12(2,3)17-4/h9H,5-8H2,1-4H3,(H,13,15). The van der Waals surface area contributed by atoms with Gasteiger partial charge in [-0.15, -0.1) is 0 Å². The second kappa shape index (κ2) is 6.15. The van der Waals surface area contributed by atoms with E-state index in [-0.39, 0.29) is 18.4 Å². The monoisotopic (exact) mass is 258 g/mol.